The van der Waals surface area contributed by atoms with Crippen molar-refractivity contribution in [3.63, 3.8) is 0 Å². The van der Waals surface area contributed by atoms with Gasteiger partial charge in [-0.2, -0.15) is 0 Å². The quantitative estimate of drug-likeness (QED) is 0.225. The average molecular weight is 2200 g/mol. The SMILES string of the molecule is CC(=S)Nc1ccc2c(c1)OCCOCCOCCOCCO2.S=C([S-])N1CCOCCOCCOCC1.S=C([S-])N1CCOCCOCCOCCOCC1.S=C([S-])N1CCOCCOCCOCCOCCOCC1.S=C([S-])NCC1COCCOCCOCCO1.S=C([S-])NCC1COCCOCCOCCOCCO1.S=C([S-])NCC1COCCOCCOCCOCCOCCO1. The fraction of sp³-hybridized carbons (Fsp3) is 0.847. The number of thiocarbonyl (C=S) groups is 7. The molecule has 1 aromatic rings. The highest BCUT2D eigenvalue weighted by molar-refractivity contribution is 8.01. The predicted octanol–water partition coefficient (Wildman–Crippen LogP) is 2.49. The number of benzene rings is 1. The number of hydrogen-bond acceptors (Lipinski definition) is 45. The summed E-state index contributed by atoms with van der Waals surface area (Å²) in [5, 5.41) is 11.8. The number of anilines is 1. The molecule has 0 aromatic heterocycles. The van der Waals surface area contributed by atoms with E-state index in [9.17, 15) is 0 Å². The number of hydrogen-bond donors (Lipinski definition) is 4. The Hall–Kier alpha value is -1.83. The van der Waals surface area contributed by atoms with Crippen molar-refractivity contribution in [3.8, 4) is 11.5 Å². The lowest BCUT2D eigenvalue weighted by atomic mass is 10.2. The van der Waals surface area contributed by atoms with Gasteiger partial charge in [0.15, 0.2) is 11.5 Å². The van der Waals surface area contributed by atoms with E-state index in [0.717, 1.165) is 18.8 Å². The van der Waals surface area contributed by atoms with Crippen LogP contribution in [0.2, 0.25) is 0 Å². The molecule has 3 atom stereocenters. The van der Waals surface area contributed by atoms with Crippen molar-refractivity contribution in [2.45, 2.75) is 25.2 Å². The summed E-state index contributed by atoms with van der Waals surface area (Å²) in [7, 11) is 0. The third-order valence-corrected chi connectivity index (χ3v) is 20.1. The van der Waals surface area contributed by atoms with Gasteiger partial charge in [0.05, 0.1) is 400 Å². The van der Waals surface area contributed by atoms with Crippen LogP contribution in [0.5, 0.6) is 11.5 Å². The van der Waals surface area contributed by atoms with Crippen molar-refractivity contribution in [2.75, 3.05) is 454 Å². The number of nitrogens with one attached hydrogen (secondary N) is 4. The van der Waals surface area contributed by atoms with Gasteiger partial charge >= 0.3 is 0 Å². The Morgan fingerprint density at radius 1 is 0.241 bits per heavy atom. The molecule has 0 radical (unpaired) electrons. The molecule has 0 aliphatic carbocycles. The molecule has 4 N–H and O–H groups in total. The minimum Gasteiger partial charge on any atom is -0.487 e. The summed E-state index contributed by atoms with van der Waals surface area (Å²) in [6.07, 6.45) is -0.322. The first kappa shape index (κ1) is 131. The Morgan fingerprint density at radius 3 is 0.606 bits per heavy atom. The average Bonchev–Trinajstić information content (AvgIpc) is 0.946. The normalized spacial score (nSPS) is 22.2. The van der Waals surface area contributed by atoms with Gasteiger partial charge in [-0.15, -0.1) is 0 Å². The zero-order valence-corrected chi connectivity index (χ0v) is 89.9. The first-order valence-electron chi connectivity index (χ1n) is 45.9. The van der Waals surface area contributed by atoms with Crippen LogP contribution in [0.15, 0.2) is 18.2 Å². The van der Waals surface area contributed by atoms with E-state index in [1.807, 2.05) is 39.8 Å². The first-order valence-corrected chi connectivity index (χ1v) is 51.2. The van der Waals surface area contributed by atoms with Gasteiger partial charge in [0, 0.05) is 70.7 Å². The molecule has 0 bridgehead atoms. The number of ether oxygens (including phenoxy) is 32. The maximum Gasteiger partial charge on any atom is 0.163 e. The Morgan fingerprint density at radius 2 is 0.416 bits per heavy atom. The van der Waals surface area contributed by atoms with E-state index in [1.54, 1.807) is 0 Å². The zero-order valence-electron chi connectivity index (χ0n) is 79.3. The number of nitrogens with zero attached hydrogens (tertiary/aromatic N) is 3. The Balaban J connectivity index is 0.000000543. The molecule has 1 aromatic carbocycles. The van der Waals surface area contributed by atoms with E-state index in [1.165, 1.54) is 0 Å². The Bertz CT molecular complexity index is 2920. The van der Waals surface area contributed by atoms with Gasteiger partial charge in [0.2, 0.25) is 0 Å². The summed E-state index contributed by atoms with van der Waals surface area (Å²) in [4.78, 5) is 6.43. The third kappa shape index (κ3) is 91.4. The van der Waals surface area contributed by atoms with Crippen molar-refractivity contribution in [1.82, 2.24) is 30.7 Å². The highest BCUT2D eigenvalue weighted by Gasteiger charge is 2.16. The fourth-order valence-corrected chi connectivity index (χ4v) is 12.4. The molecular weight excluding hydrogens is 2050 g/mol. The molecule has 0 saturated carbocycles. The molecule has 8 rings (SSSR count). The second kappa shape index (κ2) is 101. The molecule has 800 valence electrons. The Kier molecular flexibility index (Phi) is 97.1. The minimum atomic E-state index is -0.141. The molecule has 6 fully saturated rings. The van der Waals surface area contributed by atoms with E-state index in [2.05, 4.69) is 21.3 Å². The summed E-state index contributed by atoms with van der Waals surface area (Å²) in [5.74, 6) is 1.33. The summed E-state index contributed by atoms with van der Waals surface area (Å²) in [5.41, 5.74) is 0.864. The summed E-state index contributed by atoms with van der Waals surface area (Å²) >= 11 is 63.9. The van der Waals surface area contributed by atoms with Crippen molar-refractivity contribution in [3.05, 3.63) is 18.2 Å². The smallest absolute Gasteiger partial charge is 0.163 e. The van der Waals surface area contributed by atoms with Crippen LogP contribution in [0, 0.1) is 0 Å². The maximum absolute atomic E-state index is 5.77. The van der Waals surface area contributed by atoms with Gasteiger partial charge in [0.1, 0.15) is 13.2 Å². The monoisotopic (exact) mass is 2200 g/mol. The van der Waals surface area contributed by atoms with Crippen LogP contribution in [-0.2, 0) is 218 Å². The molecule has 7 aliphatic heterocycles. The lowest BCUT2D eigenvalue weighted by Gasteiger charge is -2.28. The van der Waals surface area contributed by atoms with Crippen LogP contribution < -0.4 is 30.7 Å². The van der Waals surface area contributed by atoms with Crippen LogP contribution in [0.25, 0.3) is 0 Å². The molecule has 52 heteroatoms. The zero-order chi connectivity index (χ0) is 98.9. The Labute approximate surface area is 882 Å². The van der Waals surface area contributed by atoms with Gasteiger partial charge < -0.3 is 337 Å². The molecule has 3 unspecified atom stereocenters. The second-order valence-corrected chi connectivity index (χ2v) is 35.1. The second-order valence-electron chi connectivity index (χ2n) is 28.2. The van der Waals surface area contributed by atoms with Crippen LogP contribution in [-0.4, -0.2) is 513 Å². The molecule has 137 heavy (non-hydrogen) atoms. The highest BCUT2D eigenvalue weighted by Crippen LogP contribution is 2.31. The van der Waals surface area contributed by atoms with E-state index in [-0.39, 0.29) is 18.3 Å². The minimum absolute atomic E-state index is 0.0704. The first-order chi connectivity index (χ1) is 67.0. The highest BCUT2D eigenvalue weighted by atomic mass is 32.2. The topological polar surface area (TPSA) is 353 Å². The fourth-order valence-electron chi connectivity index (χ4n) is 10.7. The summed E-state index contributed by atoms with van der Waals surface area (Å²) in [6.45, 7) is 40.1. The van der Waals surface area contributed by atoms with Crippen molar-refractivity contribution >= 4 is 198 Å². The van der Waals surface area contributed by atoms with E-state index >= 15 is 0 Å². The molecular formula is C85H149N7O32S13-6. The molecule has 0 amide bonds. The predicted molar refractivity (Wildman–Crippen MR) is 559 cm³/mol. The summed E-state index contributed by atoms with van der Waals surface area (Å²) < 4.78 is 177. The van der Waals surface area contributed by atoms with Crippen molar-refractivity contribution in [2.24, 2.45) is 0 Å². The van der Waals surface area contributed by atoms with Gasteiger partial charge in [-0.05, 0) is 19.1 Å². The molecule has 6 saturated heterocycles. The van der Waals surface area contributed by atoms with Gasteiger partial charge in [-0.1, -0.05) is 38.1 Å². The molecule has 0 spiro atoms. The largest absolute Gasteiger partial charge is 0.487 e. The van der Waals surface area contributed by atoms with E-state index in [0.29, 0.717) is 478 Å². The summed E-state index contributed by atoms with van der Waals surface area (Å²) in [6, 6.07) is 5.63. The number of fused-ring (bicyclic) bond motifs is 1. The van der Waals surface area contributed by atoms with Crippen LogP contribution in [0.3, 0.4) is 0 Å². The van der Waals surface area contributed by atoms with E-state index < -0.39 is 0 Å². The van der Waals surface area contributed by atoms with Crippen LogP contribution >= 0.6 is 85.5 Å². The standard InChI is InChI=1S/C16H23NO5S.C14H27NO6S2.C13H25NO5S2.C12H23NO5S2.C11H21NO4S2.C10H19NO4S2.C9H17NO3S2/c1-13(23)17-14-2-3-15-16(12-14)22-11-9-20-7-5-18-4-6-19-8-10-21-15;22-14(23)15-11-13-12-20-8-7-18-4-3-16-1-2-17-5-6-19-9-10-21-13;20-13(21)14-1-3-15-5-7-17-9-11-19-12-10-18-8-6-16-4-2-14;19-12(20)13-9-11-10-17-6-5-15-2-1-14-3-4-16-7-8-18-11;17-11(18)12-1-3-13-5-7-15-9-10-16-8-6-14-4-2-12;16-10(17)11-7-9-8-14-4-3-12-1-2-13-5-6-15-9;14-9(15)10-1-3-11-5-7-13-8-6-12-4-2-10/h2-3,12H,4-11H2,1H3,(H,17,23);13H,1-12H2,(H2,15,22,23);1-12H2,(H,20,21);11H,1-10H2,(H2,13,19,20);1-10H2,(H,17,18);9H,1-8H2,(H2,11,16,17);1-8H2,(H,14,15)/p-6. The number of rotatable bonds is 7. The van der Waals surface area contributed by atoms with E-state index in [4.69, 9.17) is 313 Å². The van der Waals surface area contributed by atoms with Gasteiger partial charge in [-0.3, -0.25) is 0 Å². The molecule has 7 aliphatic rings. The molecule has 39 nitrogen and oxygen atoms in total. The van der Waals surface area contributed by atoms with Crippen molar-refractivity contribution in [1.29, 1.82) is 0 Å². The van der Waals surface area contributed by atoms with Gasteiger partial charge in [0.25, 0.3) is 0 Å². The lowest BCUT2D eigenvalue weighted by molar-refractivity contribution is -0.0644. The molecule has 7 heterocycles. The third-order valence-electron chi connectivity index (χ3n) is 17.6. The lowest BCUT2D eigenvalue weighted by Crippen LogP contribution is -2.36. The van der Waals surface area contributed by atoms with Crippen LogP contribution in [0.1, 0.15) is 6.92 Å². The maximum atomic E-state index is 5.77. The van der Waals surface area contributed by atoms with Gasteiger partial charge in [-0.25, -0.2) is 0 Å². The van der Waals surface area contributed by atoms with Crippen LogP contribution in [0.4, 0.5) is 5.69 Å². The van der Waals surface area contributed by atoms with Crippen molar-refractivity contribution < 1.29 is 152 Å².